The van der Waals surface area contributed by atoms with E-state index in [1.807, 2.05) is 6.92 Å². The van der Waals surface area contributed by atoms with Crippen LogP contribution in [0.15, 0.2) is 103 Å². The summed E-state index contributed by atoms with van der Waals surface area (Å²) in [5, 5.41) is 0. The van der Waals surface area contributed by atoms with Crippen molar-refractivity contribution >= 4 is 17.9 Å². The molecule has 0 aromatic heterocycles. The van der Waals surface area contributed by atoms with E-state index in [-0.39, 0.29) is 13.2 Å². The number of rotatable bonds is 15. The van der Waals surface area contributed by atoms with Crippen LogP contribution in [0.1, 0.15) is 40.1 Å². The lowest BCUT2D eigenvalue weighted by molar-refractivity contribution is -0.139. The average Bonchev–Trinajstić information content (AvgIpc) is 2.99. The molecule has 0 heterocycles. The van der Waals surface area contributed by atoms with E-state index in [0.717, 1.165) is 5.57 Å². The summed E-state index contributed by atoms with van der Waals surface area (Å²) in [4.78, 5) is 36.7. The van der Waals surface area contributed by atoms with Crippen molar-refractivity contribution in [3.05, 3.63) is 120 Å². The molecule has 0 amide bonds. The molecule has 0 radical (unpaired) electrons. The van der Waals surface area contributed by atoms with Gasteiger partial charge in [-0.2, -0.15) is 0 Å². The molecule has 3 aromatic carbocycles. The van der Waals surface area contributed by atoms with Crippen molar-refractivity contribution in [2.24, 2.45) is 0 Å². The SMILES string of the molecule is C=C(C)C(=C)OCCOc1ccc(C(=O)Oc2ccc(OC(=O)c3ccc(OCCOC(=O)C(=C)C)cc3)c(C)c2)cc1. The molecule has 0 N–H and O–H groups in total. The van der Waals surface area contributed by atoms with Gasteiger partial charge in [0.1, 0.15) is 55.2 Å². The minimum absolute atomic E-state index is 0.0749. The smallest absolute Gasteiger partial charge is 0.343 e. The molecular weight excluding hydrogens is 552 g/mol. The van der Waals surface area contributed by atoms with Crippen LogP contribution in [-0.4, -0.2) is 44.3 Å². The lowest BCUT2D eigenvalue weighted by atomic mass is 10.2. The van der Waals surface area contributed by atoms with Crippen molar-refractivity contribution in [1.29, 1.82) is 0 Å². The van der Waals surface area contributed by atoms with Crippen molar-refractivity contribution in [1.82, 2.24) is 0 Å². The fourth-order valence-electron chi connectivity index (χ4n) is 3.36. The van der Waals surface area contributed by atoms with Crippen LogP contribution in [0.25, 0.3) is 0 Å². The molecule has 9 heteroatoms. The topological polar surface area (TPSA) is 107 Å². The van der Waals surface area contributed by atoms with Gasteiger partial charge >= 0.3 is 17.9 Å². The summed E-state index contributed by atoms with van der Waals surface area (Å²) in [7, 11) is 0. The van der Waals surface area contributed by atoms with E-state index in [0.29, 0.717) is 64.2 Å². The van der Waals surface area contributed by atoms with Crippen LogP contribution in [0.2, 0.25) is 0 Å². The summed E-state index contributed by atoms with van der Waals surface area (Å²) in [5.74, 6) is 0.615. The molecule has 43 heavy (non-hydrogen) atoms. The number of carbonyl (C=O) groups excluding carboxylic acids is 3. The molecule has 0 unspecified atom stereocenters. The fraction of sp³-hybridized carbons (Fsp3) is 0.206. The van der Waals surface area contributed by atoms with Crippen molar-refractivity contribution in [2.45, 2.75) is 20.8 Å². The van der Waals surface area contributed by atoms with Gasteiger partial charge in [0.2, 0.25) is 0 Å². The number of aryl methyl sites for hydroxylation is 1. The predicted molar refractivity (Wildman–Crippen MR) is 161 cm³/mol. The lowest BCUT2D eigenvalue weighted by Gasteiger charge is -2.11. The fourth-order valence-corrected chi connectivity index (χ4v) is 3.36. The van der Waals surface area contributed by atoms with E-state index in [2.05, 4.69) is 19.7 Å². The largest absolute Gasteiger partial charge is 0.490 e. The summed E-state index contributed by atoms with van der Waals surface area (Å²) in [6.07, 6.45) is 0. The number of benzene rings is 3. The van der Waals surface area contributed by atoms with Gasteiger partial charge in [0.15, 0.2) is 0 Å². The highest BCUT2D eigenvalue weighted by Gasteiger charge is 2.14. The Hall–Kier alpha value is -5.31. The van der Waals surface area contributed by atoms with Crippen LogP contribution >= 0.6 is 0 Å². The molecule has 0 fully saturated rings. The molecule has 0 aliphatic heterocycles. The maximum absolute atomic E-state index is 12.7. The average molecular weight is 587 g/mol. The molecule has 224 valence electrons. The Kier molecular flexibility index (Phi) is 11.7. The number of ether oxygens (including phenoxy) is 6. The number of esters is 3. The third-order valence-corrected chi connectivity index (χ3v) is 5.78. The molecule has 0 atom stereocenters. The van der Waals surface area contributed by atoms with Crippen molar-refractivity contribution in [3.63, 3.8) is 0 Å². The van der Waals surface area contributed by atoms with E-state index in [1.165, 1.54) is 0 Å². The van der Waals surface area contributed by atoms with Gasteiger partial charge < -0.3 is 28.4 Å². The molecule has 0 spiro atoms. The van der Waals surface area contributed by atoms with Crippen molar-refractivity contribution in [3.8, 4) is 23.0 Å². The third kappa shape index (κ3) is 10.2. The van der Waals surface area contributed by atoms with E-state index in [9.17, 15) is 14.4 Å². The highest BCUT2D eigenvalue weighted by molar-refractivity contribution is 5.92. The second kappa shape index (κ2) is 15.6. The second-order valence-electron chi connectivity index (χ2n) is 9.42. The maximum Gasteiger partial charge on any atom is 0.343 e. The molecule has 3 aromatic rings. The van der Waals surface area contributed by atoms with Crippen LogP contribution < -0.4 is 18.9 Å². The summed E-state index contributed by atoms with van der Waals surface area (Å²) in [6, 6.07) is 17.6. The number of hydrogen-bond donors (Lipinski definition) is 0. The van der Waals surface area contributed by atoms with Crippen molar-refractivity contribution in [2.75, 3.05) is 26.4 Å². The summed E-state index contributed by atoms with van der Waals surface area (Å²) in [5.41, 5.74) is 2.32. The van der Waals surface area contributed by atoms with E-state index >= 15 is 0 Å². The Morgan fingerprint density at radius 2 is 1.09 bits per heavy atom. The molecule has 9 nitrogen and oxygen atoms in total. The van der Waals surface area contributed by atoms with Crippen LogP contribution in [0, 0.1) is 6.92 Å². The van der Waals surface area contributed by atoms with Gasteiger partial charge in [-0.1, -0.05) is 19.7 Å². The summed E-state index contributed by atoms with van der Waals surface area (Å²) in [6.45, 7) is 17.0. The molecule has 0 bridgehead atoms. The maximum atomic E-state index is 12.7. The normalized spacial score (nSPS) is 10.2. The first-order valence-corrected chi connectivity index (χ1v) is 13.3. The Morgan fingerprint density at radius 3 is 1.58 bits per heavy atom. The molecule has 0 saturated heterocycles. The zero-order valence-corrected chi connectivity index (χ0v) is 24.5. The van der Waals surface area contributed by atoms with Gasteiger partial charge in [-0.25, -0.2) is 14.4 Å². The van der Waals surface area contributed by atoms with Gasteiger partial charge in [0.25, 0.3) is 0 Å². The minimum atomic E-state index is -0.565. The third-order valence-electron chi connectivity index (χ3n) is 5.78. The lowest BCUT2D eigenvalue weighted by Crippen LogP contribution is -2.13. The zero-order valence-electron chi connectivity index (χ0n) is 24.5. The Bertz CT molecular complexity index is 1490. The number of allylic oxidation sites excluding steroid dienone is 1. The van der Waals surface area contributed by atoms with E-state index in [4.69, 9.17) is 28.4 Å². The molecule has 0 aliphatic carbocycles. The summed E-state index contributed by atoms with van der Waals surface area (Å²) < 4.78 is 32.5. The first-order valence-electron chi connectivity index (χ1n) is 13.3. The van der Waals surface area contributed by atoms with E-state index < -0.39 is 17.9 Å². The van der Waals surface area contributed by atoms with Crippen LogP contribution in [0.4, 0.5) is 0 Å². The highest BCUT2D eigenvalue weighted by Crippen LogP contribution is 2.26. The first-order chi connectivity index (χ1) is 20.5. The molecular formula is C34H34O9. The van der Waals surface area contributed by atoms with Gasteiger partial charge in [-0.3, -0.25) is 0 Å². The Morgan fingerprint density at radius 1 is 0.605 bits per heavy atom. The van der Waals surface area contributed by atoms with Gasteiger partial charge in [0, 0.05) is 5.57 Å². The first kappa shape index (κ1) is 32.2. The Balaban J connectivity index is 1.47. The monoisotopic (exact) mass is 586 g/mol. The quantitative estimate of drug-likeness (QED) is 0.0498. The van der Waals surface area contributed by atoms with Gasteiger partial charge in [0.05, 0.1) is 11.1 Å². The predicted octanol–water partition coefficient (Wildman–Crippen LogP) is 6.42. The summed E-state index contributed by atoms with van der Waals surface area (Å²) >= 11 is 0. The number of hydrogen-bond acceptors (Lipinski definition) is 9. The standard InChI is InChI=1S/C34H34O9/c1-22(2)25(6)38-17-18-39-28-11-7-26(8-12-28)33(36)42-30-15-16-31(24(5)21-30)43-34(37)27-9-13-29(14-10-27)40-19-20-41-32(35)23(3)4/h7-16,21H,1,3,6,17-20H2,2,4-5H3. The molecule has 0 aliphatic rings. The number of carbonyl (C=O) groups is 3. The van der Waals surface area contributed by atoms with Crippen molar-refractivity contribution < 1.29 is 42.8 Å². The van der Waals surface area contributed by atoms with E-state index in [1.54, 1.807) is 80.6 Å². The van der Waals surface area contributed by atoms with Crippen LogP contribution in [0.5, 0.6) is 23.0 Å². The molecule has 0 saturated carbocycles. The minimum Gasteiger partial charge on any atom is -0.490 e. The van der Waals surface area contributed by atoms with Crippen LogP contribution in [-0.2, 0) is 14.3 Å². The highest BCUT2D eigenvalue weighted by atomic mass is 16.6. The zero-order chi connectivity index (χ0) is 31.4. The second-order valence-corrected chi connectivity index (χ2v) is 9.42. The Labute approximate surface area is 250 Å². The van der Waals surface area contributed by atoms with Gasteiger partial charge in [-0.15, -0.1) is 0 Å². The molecule has 3 rings (SSSR count). The van der Waals surface area contributed by atoms with Gasteiger partial charge in [-0.05, 0) is 98.6 Å². The van der Waals surface area contributed by atoms with Crippen LogP contribution in [0.3, 0.4) is 0 Å².